The molecular formula is C24H20FNO2S. The first kappa shape index (κ1) is 19.3. The Morgan fingerprint density at radius 3 is 2.38 bits per heavy atom. The van der Waals surface area contributed by atoms with E-state index in [1.807, 2.05) is 42.6 Å². The summed E-state index contributed by atoms with van der Waals surface area (Å²) in [6.45, 7) is 2.64. The van der Waals surface area contributed by atoms with Crippen molar-refractivity contribution in [3.05, 3.63) is 84.1 Å². The molecule has 0 saturated carbocycles. The van der Waals surface area contributed by atoms with Crippen molar-refractivity contribution >= 4 is 11.3 Å². The molecule has 0 aliphatic carbocycles. The second kappa shape index (κ2) is 8.99. The van der Waals surface area contributed by atoms with E-state index in [1.165, 1.54) is 12.1 Å². The molecule has 0 bridgehead atoms. The van der Waals surface area contributed by atoms with Crippen LogP contribution in [0.5, 0.6) is 5.75 Å². The van der Waals surface area contributed by atoms with Crippen molar-refractivity contribution in [2.75, 3.05) is 13.4 Å². The van der Waals surface area contributed by atoms with Crippen LogP contribution in [0.1, 0.15) is 6.92 Å². The highest BCUT2D eigenvalue weighted by molar-refractivity contribution is 7.14. The third-order valence-electron chi connectivity index (χ3n) is 4.50. The molecule has 0 amide bonds. The summed E-state index contributed by atoms with van der Waals surface area (Å²) < 4.78 is 24.9. The molecule has 0 fully saturated rings. The number of halogens is 1. The van der Waals surface area contributed by atoms with Crippen LogP contribution < -0.4 is 4.74 Å². The van der Waals surface area contributed by atoms with Crippen LogP contribution in [0, 0.1) is 5.82 Å². The van der Waals surface area contributed by atoms with E-state index in [0.717, 1.165) is 38.6 Å². The fourth-order valence-electron chi connectivity index (χ4n) is 3.12. The van der Waals surface area contributed by atoms with Gasteiger partial charge in [0.2, 0.25) is 0 Å². The van der Waals surface area contributed by atoms with Gasteiger partial charge < -0.3 is 9.47 Å². The van der Waals surface area contributed by atoms with E-state index < -0.39 is 0 Å². The van der Waals surface area contributed by atoms with Gasteiger partial charge in [0.05, 0.1) is 10.6 Å². The number of nitrogens with zero attached hydrogens (tertiary/aromatic N) is 1. The first-order chi connectivity index (χ1) is 14.3. The van der Waals surface area contributed by atoms with Gasteiger partial charge in [-0.2, -0.15) is 0 Å². The van der Waals surface area contributed by atoms with Gasteiger partial charge in [-0.25, -0.2) is 4.39 Å². The second-order valence-corrected chi connectivity index (χ2v) is 7.21. The minimum Gasteiger partial charge on any atom is -0.465 e. The van der Waals surface area contributed by atoms with Crippen LogP contribution in [0.4, 0.5) is 4.39 Å². The van der Waals surface area contributed by atoms with Gasteiger partial charge in [-0.3, -0.25) is 4.98 Å². The van der Waals surface area contributed by atoms with Gasteiger partial charge in [0.25, 0.3) is 0 Å². The number of benzene rings is 2. The minimum atomic E-state index is -0.263. The van der Waals surface area contributed by atoms with Crippen molar-refractivity contribution < 1.29 is 13.9 Å². The normalized spacial score (nSPS) is 10.8. The Morgan fingerprint density at radius 1 is 0.897 bits per heavy atom. The maximum atomic E-state index is 13.4. The molecule has 29 heavy (non-hydrogen) atoms. The third kappa shape index (κ3) is 4.21. The van der Waals surface area contributed by atoms with Crippen molar-refractivity contribution in [2.24, 2.45) is 0 Å². The average Bonchev–Trinajstić information content (AvgIpc) is 3.19. The SMILES string of the molecule is CCOCOc1c(-c2ccc(F)cc2)csc1-c1ccccc1-c1ccccn1. The predicted molar refractivity (Wildman–Crippen MR) is 116 cm³/mol. The van der Waals surface area contributed by atoms with Gasteiger partial charge in [-0.15, -0.1) is 11.3 Å². The lowest BCUT2D eigenvalue weighted by Gasteiger charge is -2.13. The molecule has 4 aromatic rings. The molecule has 0 atom stereocenters. The van der Waals surface area contributed by atoms with Crippen LogP contribution >= 0.6 is 11.3 Å². The Hall–Kier alpha value is -3.02. The second-order valence-electron chi connectivity index (χ2n) is 6.33. The van der Waals surface area contributed by atoms with Crippen LogP contribution in [0.25, 0.3) is 32.8 Å². The van der Waals surface area contributed by atoms with E-state index in [1.54, 1.807) is 29.7 Å². The summed E-state index contributed by atoms with van der Waals surface area (Å²) in [5.74, 6) is 0.472. The predicted octanol–water partition coefficient (Wildman–Crippen LogP) is 6.66. The van der Waals surface area contributed by atoms with E-state index in [0.29, 0.717) is 6.61 Å². The largest absolute Gasteiger partial charge is 0.465 e. The number of aromatic nitrogens is 1. The number of hydrogen-bond acceptors (Lipinski definition) is 4. The highest BCUT2D eigenvalue weighted by Gasteiger charge is 2.19. The maximum Gasteiger partial charge on any atom is 0.189 e. The van der Waals surface area contributed by atoms with Gasteiger partial charge in [-0.1, -0.05) is 42.5 Å². The summed E-state index contributed by atoms with van der Waals surface area (Å²) in [5.41, 5.74) is 4.78. The van der Waals surface area contributed by atoms with Crippen LogP contribution in [0.3, 0.4) is 0 Å². The fourth-order valence-corrected chi connectivity index (χ4v) is 4.18. The van der Waals surface area contributed by atoms with Crippen LogP contribution in [0.2, 0.25) is 0 Å². The minimum absolute atomic E-state index is 0.153. The van der Waals surface area contributed by atoms with Crippen molar-refractivity contribution in [2.45, 2.75) is 6.92 Å². The van der Waals surface area contributed by atoms with Gasteiger partial charge in [0.1, 0.15) is 11.6 Å². The summed E-state index contributed by atoms with van der Waals surface area (Å²) in [5, 5.41) is 2.04. The van der Waals surface area contributed by atoms with Gasteiger partial charge >= 0.3 is 0 Å². The van der Waals surface area contributed by atoms with Crippen molar-refractivity contribution in [1.82, 2.24) is 4.98 Å². The Bertz CT molecular complexity index is 1080. The molecule has 0 saturated heterocycles. The molecule has 146 valence electrons. The molecule has 0 spiro atoms. The number of rotatable bonds is 7. The zero-order valence-electron chi connectivity index (χ0n) is 16.0. The van der Waals surface area contributed by atoms with Crippen LogP contribution in [-0.2, 0) is 4.74 Å². The lowest BCUT2D eigenvalue weighted by Crippen LogP contribution is -2.03. The highest BCUT2D eigenvalue weighted by atomic mass is 32.1. The molecule has 4 rings (SSSR count). The molecule has 0 radical (unpaired) electrons. The van der Waals surface area contributed by atoms with E-state index >= 15 is 0 Å². The van der Waals surface area contributed by atoms with E-state index in [4.69, 9.17) is 9.47 Å². The summed E-state index contributed by atoms with van der Waals surface area (Å²) in [4.78, 5) is 5.50. The lowest BCUT2D eigenvalue weighted by atomic mass is 10.0. The molecule has 5 heteroatoms. The number of ether oxygens (including phenoxy) is 2. The topological polar surface area (TPSA) is 31.4 Å². The lowest BCUT2D eigenvalue weighted by molar-refractivity contribution is 0.0233. The number of pyridine rings is 1. The summed E-state index contributed by atoms with van der Waals surface area (Å²) in [7, 11) is 0. The molecule has 2 aromatic heterocycles. The molecule has 3 nitrogen and oxygen atoms in total. The van der Waals surface area contributed by atoms with Gasteiger partial charge in [0.15, 0.2) is 6.79 Å². The molecule has 2 heterocycles. The van der Waals surface area contributed by atoms with Crippen LogP contribution in [0.15, 0.2) is 78.3 Å². The first-order valence-corrected chi connectivity index (χ1v) is 10.2. The monoisotopic (exact) mass is 405 g/mol. The summed E-state index contributed by atoms with van der Waals surface area (Å²) in [6.07, 6.45) is 1.79. The first-order valence-electron chi connectivity index (χ1n) is 9.36. The molecule has 0 N–H and O–H groups in total. The van der Waals surface area contributed by atoms with Crippen molar-refractivity contribution in [3.8, 4) is 38.6 Å². The average molecular weight is 405 g/mol. The third-order valence-corrected chi connectivity index (χ3v) is 5.50. The highest BCUT2D eigenvalue weighted by Crippen LogP contribution is 2.47. The van der Waals surface area contributed by atoms with Crippen molar-refractivity contribution in [3.63, 3.8) is 0 Å². The fraction of sp³-hybridized carbons (Fsp3) is 0.125. The zero-order chi connectivity index (χ0) is 20.1. The van der Waals surface area contributed by atoms with Crippen LogP contribution in [-0.4, -0.2) is 18.4 Å². The molecule has 0 aliphatic rings. The van der Waals surface area contributed by atoms with E-state index in [-0.39, 0.29) is 12.6 Å². The quantitative estimate of drug-likeness (QED) is 0.255. The Balaban J connectivity index is 1.83. The molecular weight excluding hydrogens is 385 g/mol. The van der Waals surface area contributed by atoms with Crippen molar-refractivity contribution in [1.29, 1.82) is 0 Å². The Morgan fingerprint density at radius 2 is 1.66 bits per heavy atom. The summed E-state index contributed by atoms with van der Waals surface area (Å²) in [6, 6.07) is 20.5. The summed E-state index contributed by atoms with van der Waals surface area (Å²) >= 11 is 1.59. The number of thiophene rings is 1. The maximum absolute atomic E-state index is 13.4. The van der Waals surface area contributed by atoms with E-state index in [9.17, 15) is 4.39 Å². The Labute approximate surface area is 173 Å². The smallest absolute Gasteiger partial charge is 0.189 e. The molecule has 0 aliphatic heterocycles. The van der Waals surface area contributed by atoms with E-state index in [2.05, 4.69) is 17.1 Å². The molecule has 2 aromatic carbocycles. The Kier molecular flexibility index (Phi) is 5.98. The van der Waals surface area contributed by atoms with Gasteiger partial charge in [-0.05, 0) is 36.8 Å². The standard InChI is InChI=1S/C24H20FNO2S/c1-2-27-16-28-23-21(17-10-12-18(25)13-11-17)15-29-24(23)20-8-4-3-7-19(20)22-9-5-6-14-26-22/h3-15H,2,16H2,1H3. The zero-order valence-corrected chi connectivity index (χ0v) is 16.8. The van der Waals surface area contributed by atoms with Gasteiger partial charge in [0, 0.05) is 34.9 Å². The molecule has 0 unspecified atom stereocenters. The number of hydrogen-bond donors (Lipinski definition) is 0.